The Morgan fingerprint density at radius 2 is 2.05 bits per heavy atom. The Hall–Kier alpha value is -2.69. The van der Waals surface area contributed by atoms with Crippen LogP contribution in [0.25, 0.3) is 0 Å². The lowest BCUT2D eigenvalue weighted by Gasteiger charge is -2.28. The van der Waals surface area contributed by atoms with E-state index in [1.54, 1.807) is 18.5 Å². The van der Waals surface area contributed by atoms with E-state index in [4.69, 9.17) is 0 Å². The van der Waals surface area contributed by atoms with E-state index >= 15 is 0 Å². The lowest BCUT2D eigenvalue weighted by atomic mass is 10.0. The number of amides is 2. The number of aryl methyl sites for hydroxylation is 2. The molecule has 1 aromatic heterocycles. The molecule has 0 unspecified atom stereocenters. The smallest absolute Gasteiger partial charge is 0.258 e. The van der Waals surface area contributed by atoms with Gasteiger partial charge in [-0.3, -0.25) is 19.5 Å². The SMILES string of the molecule is O=C1CN(C(=O)c2ccc3c(c2)CCC3)c2ccncc2N1. The molecule has 2 heterocycles. The van der Waals surface area contributed by atoms with Gasteiger partial charge in [0.05, 0.1) is 17.6 Å². The molecule has 2 aliphatic rings. The lowest BCUT2D eigenvalue weighted by Crippen LogP contribution is -2.42. The molecular formula is C17H15N3O2. The number of aromatic nitrogens is 1. The first-order valence-electron chi connectivity index (χ1n) is 7.40. The minimum atomic E-state index is -0.199. The van der Waals surface area contributed by atoms with Crippen LogP contribution in [-0.2, 0) is 17.6 Å². The van der Waals surface area contributed by atoms with E-state index in [2.05, 4.69) is 10.3 Å². The molecule has 0 radical (unpaired) electrons. The summed E-state index contributed by atoms with van der Waals surface area (Å²) in [7, 11) is 0. The van der Waals surface area contributed by atoms with Crippen LogP contribution in [0.1, 0.15) is 27.9 Å². The average molecular weight is 293 g/mol. The van der Waals surface area contributed by atoms with Crippen LogP contribution in [0, 0.1) is 0 Å². The first-order chi connectivity index (χ1) is 10.7. The van der Waals surface area contributed by atoms with Crippen molar-refractivity contribution < 1.29 is 9.59 Å². The molecule has 5 heteroatoms. The zero-order valence-electron chi connectivity index (χ0n) is 12.0. The standard InChI is InChI=1S/C17H15N3O2/c21-16-10-20(15-6-7-18-9-14(15)19-16)17(22)13-5-4-11-2-1-3-12(11)8-13/h4-9H,1-3,10H2,(H,19,21). The number of rotatable bonds is 1. The van der Waals surface area contributed by atoms with Gasteiger partial charge in [0.2, 0.25) is 5.91 Å². The zero-order chi connectivity index (χ0) is 15.1. The van der Waals surface area contributed by atoms with E-state index in [-0.39, 0.29) is 18.4 Å². The minimum absolute atomic E-state index is 0.0347. The third kappa shape index (κ3) is 2.06. The molecule has 1 N–H and O–H groups in total. The lowest BCUT2D eigenvalue weighted by molar-refractivity contribution is -0.115. The summed E-state index contributed by atoms with van der Waals surface area (Å²) >= 11 is 0. The largest absolute Gasteiger partial charge is 0.321 e. The van der Waals surface area contributed by atoms with Crippen molar-refractivity contribution in [2.75, 3.05) is 16.8 Å². The Labute approximate surface area is 128 Å². The van der Waals surface area contributed by atoms with Gasteiger partial charge in [0.15, 0.2) is 0 Å². The molecule has 1 aliphatic heterocycles. The predicted octanol–water partition coefficient (Wildman–Crippen LogP) is 2.17. The number of carbonyl (C=O) groups is 2. The quantitative estimate of drug-likeness (QED) is 0.876. The highest BCUT2D eigenvalue weighted by Gasteiger charge is 2.28. The summed E-state index contributed by atoms with van der Waals surface area (Å²) in [5, 5.41) is 2.74. The van der Waals surface area contributed by atoms with Gasteiger partial charge in [0.1, 0.15) is 6.54 Å². The molecule has 0 saturated heterocycles. The van der Waals surface area contributed by atoms with Crippen LogP contribution in [-0.4, -0.2) is 23.3 Å². The van der Waals surface area contributed by atoms with E-state index in [0.29, 0.717) is 16.9 Å². The molecule has 0 fully saturated rings. The fraction of sp³-hybridized carbons (Fsp3) is 0.235. The van der Waals surface area contributed by atoms with E-state index in [0.717, 1.165) is 19.3 Å². The third-order valence-electron chi connectivity index (χ3n) is 4.26. The maximum atomic E-state index is 12.8. The molecule has 0 bridgehead atoms. The zero-order valence-corrected chi connectivity index (χ0v) is 12.0. The van der Waals surface area contributed by atoms with Gasteiger partial charge in [-0.25, -0.2) is 0 Å². The Morgan fingerprint density at radius 3 is 2.95 bits per heavy atom. The maximum Gasteiger partial charge on any atom is 0.258 e. The summed E-state index contributed by atoms with van der Waals surface area (Å²) in [6.45, 7) is 0.0347. The highest BCUT2D eigenvalue weighted by molar-refractivity contribution is 6.15. The minimum Gasteiger partial charge on any atom is -0.321 e. The molecular weight excluding hydrogens is 278 g/mol. The molecule has 4 rings (SSSR count). The number of anilines is 2. The van der Waals surface area contributed by atoms with Gasteiger partial charge >= 0.3 is 0 Å². The molecule has 2 amide bonds. The van der Waals surface area contributed by atoms with Crippen molar-refractivity contribution in [3.8, 4) is 0 Å². The fourth-order valence-corrected chi connectivity index (χ4v) is 3.18. The number of hydrogen-bond acceptors (Lipinski definition) is 3. The van der Waals surface area contributed by atoms with Crippen molar-refractivity contribution >= 4 is 23.2 Å². The van der Waals surface area contributed by atoms with Crippen LogP contribution >= 0.6 is 0 Å². The molecule has 1 aromatic carbocycles. The monoisotopic (exact) mass is 293 g/mol. The van der Waals surface area contributed by atoms with Gasteiger partial charge < -0.3 is 5.32 Å². The first-order valence-corrected chi connectivity index (χ1v) is 7.40. The Bertz CT molecular complexity index is 785. The topological polar surface area (TPSA) is 62.3 Å². The molecule has 5 nitrogen and oxygen atoms in total. The number of benzene rings is 1. The van der Waals surface area contributed by atoms with Crippen molar-refractivity contribution in [3.05, 3.63) is 53.3 Å². The van der Waals surface area contributed by atoms with Gasteiger partial charge in [-0.15, -0.1) is 0 Å². The van der Waals surface area contributed by atoms with Crippen LogP contribution in [0.15, 0.2) is 36.7 Å². The second kappa shape index (κ2) is 4.94. The summed E-state index contributed by atoms with van der Waals surface area (Å²) in [6, 6.07) is 7.62. The summed E-state index contributed by atoms with van der Waals surface area (Å²) in [5.74, 6) is -0.341. The van der Waals surface area contributed by atoms with Crippen LogP contribution in [0.3, 0.4) is 0 Å². The van der Waals surface area contributed by atoms with Crippen LogP contribution in [0.4, 0.5) is 11.4 Å². The molecule has 110 valence electrons. The van der Waals surface area contributed by atoms with Crippen LogP contribution in [0.2, 0.25) is 0 Å². The van der Waals surface area contributed by atoms with Gasteiger partial charge in [-0.1, -0.05) is 6.07 Å². The Balaban J connectivity index is 1.72. The van der Waals surface area contributed by atoms with Gasteiger partial charge in [-0.05, 0) is 48.6 Å². The highest BCUT2D eigenvalue weighted by Crippen LogP contribution is 2.30. The number of fused-ring (bicyclic) bond motifs is 2. The number of pyridine rings is 1. The molecule has 0 atom stereocenters. The highest BCUT2D eigenvalue weighted by atomic mass is 16.2. The molecule has 22 heavy (non-hydrogen) atoms. The van der Waals surface area contributed by atoms with Gasteiger partial charge in [0.25, 0.3) is 5.91 Å². The number of nitrogens with zero attached hydrogens (tertiary/aromatic N) is 2. The normalized spacial score (nSPS) is 16.0. The molecule has 0 saturated carbocycles. The molecule has 1 aliphatic carbocycles. The second-order valence-corrected chi connectivity index (χ2v) is 5.67. The Morgan fingerprint density at radius 1 is 1.18 bits per heavy atom. The number of nitrogens with one attached hydrogen (secondary N) is 1. The first kappa shape index (κ1) is 13.0. The van der Waals surface area contributed by atoms with Crippen molar-refractivity contribution in [3.63, 3.8) is 0 Å². The van der Waals surface area contributed by atoms with Crippen molar-refractivity contribution in [1.82, 2.24) is 4.98 Å². The average Bonchev–Trinajstić information content (AvgIpc) is 3.00. The molecule has 2 aromatic rings. The van der Waals surface area contributed by atoms with E-state index in [1.807, 2.05) is 18.2 Å². The summed E-state index contributed by atoms with van der Waals surface area (Å²) < 4.78 is 0. The number of hydrogen-bond donors (Lipinski definition) is 1. The molecule has 0 spiro atoms. The van der Waals surface area contributed by atoms with Crippen molar-refractivity contribution in [1.29, 1.82) is 0 Å². The van der Waals surface area contributed by atoms with Crippen LogP contribution in [0.5, 0.6) is 0 Å². The van der Waals surface area contributed by atoms with Crippen molar-refractivity contribution in [2.45, 2.75) is 19.3 Å². The maximum absolute atomic E-state index is 12.8. The van der Waals surface area contributed by atoms with Crippen molar-refractivity contribution in [2.24, 2.45) is 0 Å². The summed E-state index contributed by atoms with van der Waals surface area (Å²) in [4.78, 5) is 30.2. The fourth-order valence-electron chi connectivity index (χ4n) is 3.18. The van der Waals surface area contributed by atoms with Gasteiger partial charge in [0, 0.05) is 11.8 Å². The Kier molecular flexibility index (Phi) is 2.92. The third-order valence-corrected chi connectivity index (χ3v) is 4.26. The summed E-state index contributed by atoms with van der Waals surface area (Å²) in [6.07, 6.45) is 6.45. The summed E-state index contributed by atoms with van der Waals surface area (Å²) in [5.41, 5.74) is 4.49. The predicted molar refractivity (Wildman–Crippen MR) is 83.0 cm³/mol. The second-order valence-electron chi connectivity index (χ2n) is 5.67. The van der Waals surface area contributed by atoms with E-state index < -0.39 is 0 Å². The van der Waals surface area contributed by atoms with Crippen LogP contribution < -0.4 is 10.2 Å². The number of carbonyl (C=O) groups excluding carboxylic acids is 2. The van der Waals surface area contributed by atoms with Gasteiger partial charge in [-0.2, -0.15) is 0 Å². The van der Waals surface area contributed by atoms with E-state index in [9.17, 15) is 9.59 Å². The van der Waals surface area contributed by atoms with E-state index in [1.165, 1.54) is 16.0 Å².